The number of amides is 1. The molecule has 6 nitrogen and oxygen atoms in total. The number of ether oxygens (including phenoxy) is 1. The van der Waals surface area contributed by atoms with E-state index in [0.717, 1.165) is 24.0 Å². The molecule has 1 aliphatic rings. The number of hydrogen-bond donors (Lipinski definition) is 2. The number of anilines is 1. The Morgan fingerprint density at radius 1 is 1.16 bits per heavy atom. The molecule has 0 spiro atoms. The lowest BCUT2D eigenvalue weighted by molar-refractivity contribution is -0.137. The van der Waals surface area contributed by atoms with Crippen molar-refractivity contribution >= 4 is 27.2 Å². The van der Waals surface area contributed by atoms with Crippen molar-refractivity contribution in [1.29, 1.82) is 0 Å². The number of rotatable bonds is 6. The Labute approximate surface area is 184 Å². The van der Waals surface area contributed by atoms with E-state index in [1.165, 1.54) is 12.1 Å². The zero-order chi connectivity index (χ0) is 23.4. The molecule has 0 saturated carbocycles. The molecule has 0 unspecified atom stereocenters. The van der Waals surface area contributed by atoms with Crippen molar-refractivity contribution in [2.75, 3.05) is 24.1 Å². The zero-order valence-corrected chi connectivity index (χ0v) is 18.1. The van der Waals surface area contributed by atoms with Crippen LogP contribution in [0.15, 0.2) is 48.5 Å². The van der Waals surface area contributed by atoms with Crippen LogP contribution in [-0.4, -0.2) is 33.7 Å². The van der Waals surface area contributed by atoms with Gasteiger partial charge in [0.15, 0.2) is 0 Å². The van der Waals surface area contributed by atoms with Crippen molar-refractivity contribution in [2.45, 2.75) is 25.4 Å². The van der Waals surface area contributed by atoms with Gasteiger partial charge in [0.1, 0.15) is 5.75 Å². The second-order valence-electron chi connectivity index (χ2n) is 7.44. The molecule has 2 aromatic carbocycles. The maximum absolute atomic E-state index is 13.0. The van der Waals surface area contributed by atoms with Crippen LogP contribution in [0.25, 0.3) is 5.57 Å². The number of allylic oxidation sites excluding steroid dienone is 1. The van der Waals surface area contributed by atoms with Gasteiger partial charge in [0.05, 0.1) is 18.4 Å². The van der Waals surface area contributed by atoms with Crippen LogP contribution >= 0.6 is 0 Å². The molecule has 3 rings (SSSR count). The highest BCUT2D eigenvalue weighted by atomic mass is 32.2. The quantitative estimate of drug-likeness (QED) is 0.628. The summed E-state index contributed by atoms with van der Waals surface area (Å²) in [4.78, 5) is 12.4. The van der Waals surface area contributed by atoms with E-state index >= 15 is 0 Å². The van der Waals surface area contributed by atoms with Crippen LogP contribution in [0.4, 0.5) is 18.9 Å². The van der Waals surface area contributed by atoms with Gasteiger partial charge in [0, 0.05) is 23.9 Å². The van der Waals surface area contributed by atoms with Crippen LogP contribution in [-0.2, 0) is 27.4 Å². The molecule has 2 N–H and O–H groups in total. The monoisotopic (exact) mass is 468 g/mol. The highest BCUT2D eigenvalue weighted by Crippen LogP contribution is 2.37. The number of carbonyl (C=O) groups excluding carboxylic acids is 1. The lowest BCUT2D eigenvalue weighted by Gasteiger charge is -2.13. The minimum Gasteiger partial charge on any atom is -0.493 e. The van der Waals surface area contributed by atoms with Crippen molar-refractivity contribution in [3.63, 3.8) is 0 Å². The van der Waals surface area contributed by atoms with E-state index in [0.29, 0.717) is 42.6 Å². The molecule has 0 aromatic heterocycles. The Kier molecular flexibility index (Phi) is 7.12. The molecule has 0 fully saturated rings. The maximum atomic E-state index is 13.0. The lowest BCUT2D eigenvalue weighted by atomic mass is 9.99. The predicted molar refractivity (Wildman–Crippen MR) is 116 cm³/mol. The van der Waals surface area contributed by atoms with E-state index in [1.807, 2.05) is 0 Å². The molecule has 10 heteroatoms. The smallest absolute Gasteiger partial charge is 0.416 e. The fourth-order valence-corrected chi connectivity index (χ4v) is 3.87. The summed E-state index contributed by atoms with van der Waals surface area (Å²) in [5.41, 5.74) is 1.68. The maximum Gasteiger partial charge on any atom is 0.416 e. The van der Waals surface area contributed by atoms with Crippen LogP contribution in [0.1, 0.15) is 29.5 Å². The highest BCUT2D eigenvalue weighted by Gasteiger charge is 2.32. The molecule has 172 valence electrons. The first-order chi connectivity index (χ1) is 15.0. The van der Waals surface area contributed by atoms with Gasteiger partial charge in [-0.2, -0.15) is 13.2 Å². The number of carbonyl (C=O) groups is 1. The van der Waals surface area contributed by atoms with E-state index in [9.17, 15) is 26.4 Å². The lowest BCUT2D eigenvalue weighted by Crippen LogP contribution is -2.24. The summed E-state index contributed by atoms with van der Waals surface area (Å²) in [5, 5.41) is 2.77. The van der Waals surface area contributed by atoms with Gasteiger partial charge in [0.25, 0.3) is 0 Å². The Balaban J connectivity index is 1.62. The molecule has 0 aliphatic carbocycles. The molecular formula is C22H23F3N2O4S. The van der Waals surface area contributed by atoms with E-state index in [4.69, 9.17) is 4.74 Å². The second-order valence-corrected chi connectivity index (χ2v) is 9.19. The molecule has 1 aliphatic heterocycles. The first kappa shape index (κ1) is 23.6. The summed E-state index contributed by atoms with van der Waals surface area (Å²) in [6.07, 6.45) is -0.365. The number of halogens is 3. The number of hydrogen-bond acceptors (Lipinski definition) is 4. The first-order valence-corrected chi connectivity index (χ1v) is 11.8. The fourth-order valence-electron chi connectivity index (χ4n) is 3.31. The molecule has 32 heavy (non-hydrogen) atoms. The summed E-state index contributed by atoms with van der Waals surface area (Å²) in [6.45, 7) is 0.620. The normalized spacial score (nSPS) is 15.4. The average Bonchev–Trinajstić information content (AvgIpc) is 2.89. The Bertz CT molecular complexity index is 1110. The SMILES string of the molecule is CS(=O)(=O)Nc1ccc(CCNC(=O)/C=C2\CCCOc3cc(C(F)(F)F)ccc32)cc1. The Morgan fingerprint density at radius 3 is 2.53 bits per heavy atom. The minimum atomic E-state index is -4.47. The van der Waals surface area contributed by atoms with E-state index in [1.54, 1.807) is 24.3 Å². The molecule has 0 saturated heterocycles. The minimum absolute atomic E-state index is 0.124. The number of fused-ring (bicyclic) bond motifs is 1. The van der Waals surface area contributed by atoms with Gasteiger partial charge in [-0.1, -0.05) is 18.2 Å². The summed E-state index contributed by atoms with van der Waals surface area (Å²) < 4.78 is 69.2. The van der Waals surface area contributed by atoms with Gasteiger partial charge in [0.2, 0.25) is 15.9 Å². The first-order valence-electron chi connectivity index (χ1n) is 9.91. The largest absolute Gasteiger partial charge is 0.493 e. The van der Waals surface area contributed by atoms with Crippen LogP contribution in [0.5, 0.6) is 5.75 Å². The number of sulfonamides is 1. The van der Waals surface area contributed by atoms with Gasteiger partial charge in [-0.3, -0.25) is 9.52 Å². The molecule has 2 aromatic rings. The van der Waals surface area contributed by atoms with E-state index in [2.05, 4.69) is 10.0 Å². The van der Waals surface area contributed by atoms with Crippen molar-refractivity contribution in [3.05, 3.63) is 65.2 Å². The molecule has 1 heterocycles. The molecule has 0 atom stereocenters. The predicted octanol–water partition coefficient (Wildman–Crippen LogP) is 3.99. The summed E-state index contributed by atoms with van der Waals surface area (Å²) in [6, 6.07) is 10.1. The summed E-state index contributed by atoms with van der Waals surface area (Å²) in [5.74, 6) is -0.220. The number of nitrogens with one attached hydrogen (secondary N) is 2. The third kappa shape index (κ3) is 6.74. The van der Waals surface area contributed by atoms with E-state index in [-0.39, 0.29) is 18.3 Å². The van der Waals surface area contributed by atoms with Crippen LogP contribution in [0.2, 0.25) is 0 Å². The second kappa shape index (κ2) is 9.64. The summed E-state index contributed by atoms with van der Waals surface area (Å²) in [7, 11) is -3.34. The fraction of sp³-hybridized carbons (Fsp3) is 0.318. The standard InChI is InChI=1S/C22H23F3N2O4S/c1-32(29,30)27-18-7-4-15(5-8-18)10-11-26-21(28)13-16-3-2-12-31-20-14-17(22(23,24)25)6-9-19(16)20/h4-9,13-14,27H,2-3,10-12H2,1H3,(H,26,28)/b16-13+. The third-order valence-corrected chi connectivity index (χ3v) is 5.38. The molecule has 1 amide bonds. The van der Waals surface area contributed by atoms with Gasteiger partial charge >= 0.3 is 6.18 Å². The van der Waals surface area contributed by atoms with Gasteiger partial charge in [-0.25, -0.2) is 8.42 Å². The molecule has 0 radical (unpaired) electrons. The topological polar surface area (TPSA) is 84.5 Å². The number of alkyl halides is 3. The van der Waals surface area contributed by atoms with Crippen molar-refractivity contribution in [2.24, 2.45) is 0 Å². The van der Waals surface area contributed by atoms with Crippen molar-refractivity contribution in [1.82, 2.24) is 5.32 Å². The highest BCUT2D eigenvalue weighted by molar-refractivity contribution is 7.92. The van der Waals surface area contributed by atoms with Crippen LogP contribution in [0, 0.1) is 0 Å². The Hall–Kier alpha value is -3.01. The average molecular weight is 468 g/mol. The van der Waals surface area contributed by atoms with Crippen LogP contribution < -0.4 is 14.8 Å². The van der Waals surface area contributed by atoms with E-state index < -0.39 is 21.8 Å². The van der Waals surface area contributed by atoms with Crippen molar-refractivity contribution < 1.29 is 31.1 Å². The van der Waals surface area contributed by atoms with Crippen molar-refractivity contribution in [3.8, 4) is 5.75 Å². The molecular weight excluding hydrogens is 445 g/mol. The zero-order valence-electron chi connectivity index (χ0n) is 17.3. The van der Waals surface area contributed by atoms with Gasteiger partial charge in [-0.05, 0) is 54.7 Å². The van der Waals surface area contributed by atoms with Gasteiger partial charge < -0.3 is 10.1 Å². The summed E-state index contributed by atoms with van der Waals surface area (Å²) >= 11 is 0. The number of benzene rings is 2. The molecule has 0 bridgehead atoms. The van der Waals surface area contributed by atoms with Crippen LogP contribution in [0.3, 0.4) is 0 Å². The third-order valence-electron chi connectivity index (χ3n) is 4.78. The van der Waals surface area contributed by atoms with Gasteiger partial charge in [-0.15, -0.1) is 0 Å². The Morgan fingerprint density at radius 2 is 1.88 bits per heavy atom.